The maximum Gasteiger partial charge on any atom is 0.0328 e. The van der Waals surface area contributed by atoms with Gasteiger partial charge in [-0.05, 0) is 29.6 Å². The van der Waals surface area contributed by atoms with Crippen LogP contribution in [0.1, 0.15) is 29.9 Å². The van der Waals surface area contributed by atoms with Gasteiger partial charge in [0.15, 0.2) is 0 Å². The van der Waals surface area contributed by atoms with Gasteiger partial charge in [-0.3, -0.25) is 4.90 Å². The summed E-state index contributed by atoms with van der Waals surface area (Å²) in [5, 5.41) is 5.58. The van der Waals surface area contributed by atoms with Gasteiger partial charge < -0.3 is 5.32 Å². The van der Waals surface area contributed by atoms with Gasteiger partial charge >= 0.3 is 0 Å². The summed E-state index contributed by atoms with van der Waals surface area (Å²) in [4.78, 5) is 3.78. The Morgan fingerprint density at radius 2 is 1.75 bits per heavy atom. The number of benzene rings is 1. The van der Waals surface area contributed by atoms with Crippen LogP contribution in [0, 0.1) is 0 Å². The van der Waals surface area contributed by atoms with Crippen molar-refractivity contribution in [2.24, 2.45) is 0 Å². The Hall–Kier alpha value is -1.16. The molecule has 20 heavy (non-hydrogen) atoms. The summed E-state index contributed by atoms with van der Waals surface area (Å²) in [7, 11) is 2.17. The minimum atomic E-state index is 0.534. The topological polar surface area (TPSA) is 15.3 Å². The average molecular weight is 288 g/mol. The van der Waals surface area contributed by atoms with Crippen LogP contribution in [0.4, 0.5) is 0 Å². The van der Waals surface area contributed by atoms with Crippen LogP contribution in [0.2, 0.25) is 0 Å². The molecule has 0 amide bonds. The van der Waals surface area contributed by atoms with Gasteiger partial charge in [0.2, 0.25) is 0 Å². The lowest BCUT2D eigenvalue weighted by atomic mass is 10.1. The van der Waals surface area contributed by atoms with E-state index in [4.69, 9.17) is 0 Å². The van der Waals surface area contributed by atoms with Crippen molar-refractivity contribution in [3.63, 3.8) is 0 Å². The first-order chi connectivity index (χ1) is 9.63. The highest BCUT2D eigenvalue weighted by Crippen LogP contribution is 2.13. The monoisotopic (exact) mass is 288 g/mol. The fourth-order valence-electron chi connectivity index (χ4n) is 2.12. The number of nitrogens with zero attached hydrogens (tertiary/aromatic N) is 1. The van der Waals surface area contributed by atoms with Crippen LogP contribution in [0.5, 0.6) is 0 Å². The molecule has 0 saturated carbocycles. The molecule has 0 fully saturated rings. The Bertz CT molecular complexity index is 488. The maximum atomic E-state index is 3.44. The van der Waals surface area contributed by atoms with Gasteiger partial charge in [-0.2, -0.15) is 0 Å². The second kappa shape index (κ2) is 7.58. The van der Waals surface area contributed by atoms with Crippen LogP contribution in [0.25, 0.3) is 0 Å². The van der Waals surface area contributed by atoms with E-state index in [-0.39, 0.29) is 0 Å². The molecule has 0 radical (unpaired) electrons. The van der Waals surface area contributed by atoms with Crippen molar-refractivity contribution >= 4 is 11.3 Å². The van der Waals surface area contributed by atoms with Gasteiger partial charge in [0.25, 0.3) is 0 Å². The van der Waals surface area contributed by atoms with Crippen LogP contribution < -0.4 is 5.32 Å². The summed E-state index contributed by atoms with van der Waals surface area (Å²) in [5.74, 6) is 0. The molecule has 1 heterocycles. The molecule has 1 aromatic carbocycles. The number of hydrogen-bond acceptors (Lipinski definition) is 3. The first-order valence-electron chi connectivity index (χ1n) is 7.15. The lowest BCUT2D eigenvalue weighted by Gasteiger charge is -2.16. The molecule has 1 aromatic heterocycles. The standard InChI is InChI=1S/C17H24N2S/c1-14(2)18-11-15-6-8-16(9-7-15)12-19(3)13-17-5-4-10-20-17/h4-10,14,18H,11-13H2,1-3H3. The molecular weight excluding hydrogens is 264 g/mol. The van der Waals surface area contributed by atoms with Crippen LogP contribution in [-0.4, -0.2) is 18.0 Å². The number of thiophene rings is 1. The Labute approximate surface area is 126 Å². The van der Waals surface area contributed by atoms with Gasteiger partial charge in [-0.1, -0.05) is 44.2 Å². The van der Waals surface area contributed by atoms with Gasteiger partial charge in [0, 0.05) is 30.6 Å². The van der Waals surface area contributed by atoms with Crippen LogP contribution in [0.3, 0.4) is 0 Å². The van der Waals surface area contributed by atoms with E-state index in [2.05, 4.69) is 72.9 Å². The zero-order valence-corrected chi connectivity index (χ0v) is 13.4. The predicted octanol–water partition coefficient (Wildman–Crippen LogP) is 3.88. The Morgan fingerprint density at radius 1 is 1.05 bits per heavy atom. The molecule has 0 aliphatic heterocycles. The van der Waals surface area contributed by atoms with Gasteiger partial charge in [0.1, 0.15) is 0 Å². The van der Waals surface area contributed by atoms with E-state index < -0.39 is 0 Å². The van der Waals surface area contributed by atoms with Crippen LogP contribution in [-0.2, 0) is 19.6 Å². The Morgan fingerprint density at radius 3 is 2.35 bits per heavy atom. The molecule has 2 rings (SSSR count). The molecule has 0 bridgehead atoms. The summed E-state index contributed by atoms with van der Waals surface area (Å²) in [5.41, 5.74) is 2.72. The summed E-state index contributed by atoms with van der Waals surface area (Å²) >= 11 is 1.82. The molecule has 0 saturated heterocycles. The third-order valence-corrected chi connectivity index (χ3v) is 4.06. The molecule has 0 spiro atoms. The number of rotatable bonds is 7. The molecule has 2 aromatic rings. The molecule has 0 unspecified atom stereocenters. The predicted molar refractivity (Wildman–Crippen MR) is 87.9 cm³/mol. The first kappa shape index (κ1) is 15.2. The van der Waals surface area contributed by atoms with E-state index in [1.54, 1.807) is 0 Å². The van der Waals surface area contributed by atoms with Gasteiger partial charge in [-0.15, -0.1) is 11.3 Å². The molecule has 0 aliphatic carbocycles. The third kappa shape index (κ3) is 5.08. The zero-order chi connectivity index (χ0) is 14.4. The lowest BCUT2D eigenvalue weighted by Crippen LogP contribution is -2.21. The fraction of sp³-hybridized carbons (Fsp3) is 0.412. The van der Waals surface area contributed by atoms with Gasteiger partial charge in [0.05, 0.1) is 0 Å². The molecule has 108 valence electrons. The fourth-order valence-corrected chi connectivity index (χ4v) is 2.90. The van der Waals surface area contributed by atoms with E-state index in [0.717, 1.165) is 19.6 Å². The smallest absolute Gasteiger partial charge is 0.0328 e. The zero-order valence-electron chi connectivity index (χ0n) is 12.6. The van der Waals surface area contributed by atoms with Crippen molar-refractivity contribution in [3.05, 3.63) is 57.8 Å². The third-order valence-electron chi connectivity index (χ3n) is 3.20. The van der Waals surface area contributed by atoms with Crippen LogP contribution >= 0.6 is 11.3 Å². The van der Waals surface area contributed by atoms with Gasteiger partial charge in [-0.25, -0.2) is 0 Å². The minimum Gasteiger partial charge on any atom is -0.310 e. The van der Waals surface area contributed by atoms with Crippen LogP contribution in [0.15, 0.2) is 41.8 Å². The van der Waals surface area contributed by atoms with Crippen molar-refractivity contribution in [3.8, 4) is 0 Å². The summed E-state index contributed by atoms with van der Waals surface area (Å²) < 4.78 is 0. The number of nitrogens with one attached hydrogen (secondary N) is 1. The molecule has 2 nitrogen and oxygen atoms in total. The van der Waals surface area contributed by atoms with E-state index in [1.165, 1.54) is 16.0 Å². The summed E-state index contributed by atoms with van der Waals surface area (Å²) in [6.45, 7) is 7.31. The van der Waals surface area contributed by atoms with Crippen molar-refractivity contribution < 1.29 is 0 Å². The second-order valence-corrected chi connectivity index (χ2v) is 6.64. The van der Waals surface area contributed by atoms with E-state index >= 15 is 0 Å². The number of hydrogen-bond donors (Lipinski definition) is 1. The molecule has 0 aliphatic rings. The highest BCUT2D eigenvalue weighted by atomic mass is 32.1. The molecular formula is C17H24N2S. The lowest BCUT2D eigenvalue weighted by molar-refractivity contribution is 0.322. The van der Waals surface area contributed by atoms with E-state index in [1.807, 2.05) is 11.3 Å². The Balaban J connectivity index is 1.83. The van der Waals surface area contributed by atoms with Crippen molar-refractivity contribution in [1.82, 2.24) is 10.2 Å². The normalized spacial score (nSPS) is 11.4. The maximum absolute atomic E-state index is 3.44. The van der Waals surface area contributed by atoms with Crippen molar-refractivity contribution in [2.75, 3.05) is 7.05 Å². The van der Waals surface area contributed by atoms with Crippen molar-refractivity contribution in [2.45, 2.75) is 39.5 Å². The average Bonchev–Trinajstić information content (AvgIpc) is 2.90. The van der Waals surface area contributed by atoms with E-state index in [9.17, 15) is 0 Å². The largest absolute Gasteiger partial charge is 0.310 e. The molecule has 1 N–H and O–H groups in total. The Kier molecular flexibility index (Phi) is 5.77. The molecule has 0 atom stereocenters. The summed E-state index contributed by atoms with van der Waals surface area (Å²) in [6.07, 6.45) is 0. The highest BCUT2D eigenvalue weighted by molar-refractivity contribution is 7.09. The van der Waals surface area contributed by atoms with Crippen molar-refractivity contribution in [1.29, 1.82) is 0 Å². The first-order valence-corrected chi connectivity index (χ1v) is 8.03. The second-order valence-electron chi connectivity index (χ2n) is 5.60. The SMILES string of the molecule is CC(C)NCc1ccc(CN(C)Cc2cccs2)cc1. The summed E-state index contributed by atoms with van der Waals surface area (Å²) in [6, 6.07) is 13.8. The minimum absolute atomic E-state index is 0.534. The molecule has 3 heteroatoms. The van der Waals surface area contributed by atoms with E-state index in [0.29, 0.717) is 6.04 Å². The quantitative estimate of drug-likeness (QED) is 0.832. The highest BCUT2D eigenvalue weighted by Gasteiger charge is 2.03.